The summed E-state index contributed by atoms with van der Waals surface area (Å²) in [5, 5.41) is 20.5. The Morgan fingerprint density at radius 2 is 1.35 bits per heavy atom. The molecule has 7 heteroatoms. The molecule has 0 amide bonds. The van der Waals surface area contributed by atoms with Gasteiger partial charge in [-0.25, -0.2) is 9.59 Å². The number of carboxylic acid groups (broad SMARTS) is 2. The number of rotatable bonds is 6. The molecule has 0 fully saturated rings. The van der Waals surface area contributed by atoms with Crippen LogP contribution >= 0.6 is 0 Å². The molecule has 7 nitrogen and oxygen atoms in total. The van der Waals surface area contributed by atoms with E-state index in [1.54, 1.807) is 0 Å². The fraction of sp³-hybridized carbons (Fsp3) is 0.125. The molecule has 0 aliphatic rings. The lowest BCUT2D eigenvalue weighted by atomic mass is 10.2. The molecule has 0 saturated carbocycles. The largest absolute Gasteiger partial charge is 0.478 e. The van der Waals surface area contributed by atoms with Crippen molar-refractivity contribution in [2.24, 2.45) is 0 Å². The van der Waals surface area contributed by atoms with Crippen molar-refractivity contribution in [3.8, 4) is 0 Å². The van der Waals surface area contributed by atoms with E-state index in [0.717, 1.165) is 18.7 Å². The summed E-state index contributed by atoms with van der Waals surface area (Å²) in [7, 11) is 0. The zero-order valence-corrected chi connectivity index (χ0v) is 17.0. The van der Waals surface area contributed by atoms with Crippen LogP contribution in [0.2, 0.25) is 0 Å². The SMILES string of the molecule is CCCN(c1ccncc1)n1c2ccccc2c2ccccc21.O=C(O)/C=C/C(=O)O. The molecule has 2 aromatic heterocycles. The molecule has 0 radical (unpaired) electrons. The van der Waals surface area contributed by atoms with Gasteiger partial charge in [0.25, 0.3) is 0 Å². The van der Waals surface area contributed by atoms with Gasteiger partial charge in [0, 0.05) is 41.9 Å². The first-order chi connectivity index (χ1) is 15.0. The first-order valence-corrected chi connectivity index (χ1v) is 9.83. The Bertz CT molecular complexity index is 1150. The van der Waals surface area contributed by atoms with E-state index in [0.29, 0.717) is 12.2 Å². The van der Waals surface area contributed by atoms with Crippen molar-refractivity contribution in [2.75, 3.05) is 11.6 Å². The molecule has 0 atom stereocenters. The topological polar surface area (TPSA) is 95.7 Å². The number of aliphatic carboxylic acids is 2. The highest BCUT2D eigenvalue weighted by atomic mass is 16.4. The summed E-state index contributed by atoms with van der Waals surface area (Å²) in [4.78, 5) is 23.3. The second-order valence-corrected chi connectivity index (χ2v) is 6.68. The van der Waals surface area contributed by atoms with Crippen LogP contribution < -0.4 is 5.01 Å². The van der Waals surface area contributed by atoms with Crippen molar-refractivity contribution >= 4 is 39.4 Å². The summed E-state index contributed by atoms with van der Waals surface area (Å²) in [6.07, 6.45) is 5.89. The highest BCUT2D eigenvalue weighted by Crippen LogP contribution is 2.31. The summed E-state index contributed by atoms with van der Waals surface area (Å²) in [6.45, 7) is 3.16. The van der Waals surface area contributed by atoms with Crippen LogP contribution in [0.15, 0.2) is 85.2 Å². The number of carboxylic acids is 2. The molecule has 4 aromatic rings. The van der Waals surface area contributed by atoms with Crippen LogP contribution in [0.1, 0.15) is 13.3 Å². The molecular formula is C24H23N3O4. The van der Waals surface area contributed by atoms with E-state index < -0.39 is 11.9 Å². The van der Waals surface area contributed by atoms with Gasteiger partial charge in [-0.2, -0.15) is 0 Å². The lowest BCUT2D eigenvalue weighted by Gasteiger charge is -2.27. The second-order valence-electron chi connectivity index (χ2n) is 6.68. The monoisotopic (exact) mass is 417 g/mol. The first-order valence-electron chi connectivity index (χ1n) is 9.83. The normalized spacial score (nSPS) is 10.7. The zero-order chi connectivity index (χ0) is 22.2. The number of para-hydroxylation sites is 2. The highest BCUT2D eigenvalue weighted by molar-refractivity contribution is 6.08. The van der Waals surface area contributed by atoms with Gasteiger partial charge >= 0.3 is 11.9 Å². The Labute approximate surface area is 179 Å². The van der Waals surface area contributed by atoms with Crippen LogP contribution in [0.5, 0.6) is 0 Å². The molecule has 31 heavy (non-hydrogen) atoms. The second kappa shape index (κ2) is 10.1. The van der Waals surface area contributed by atoms with E-state index in [4.69, 9.17) is 10.2 Å². The van der Waals surface area contributed by atoms with Crippen LogP contribution in [0, 0.1) is 0 Å². The molecule has 0 aliphatic carbocycles. The Morgan fingerprint density at radius 1 is 0.871 bits per heavy atom. The summed E-state index contributed by atoms with van der Waals surface area (Å²) < 4.78 is 2.34. The minimum absolute atomic E-state index is 0.558. The Hall–Kier alpha value is -4.13. The molecule has 2 N–H and O–H groups in total. The summed E-state index contributed by atoms with van der Waals surface area (Å²) in [6, 6.07) is 21.3. The molecule has 0 bridgehead atoms. The lowest BCUT2D eigenvalue weighted by Crippen LogP contribution is -2.30. The number of aromatic nitrogens is 2. The predicted molar refractivity (Wildman–Crippen MR) is 121 cm³/mol. The maximum Gasteiger partial charge on any atom is 0.328 e. The molecule has 0 aliphatic heterocycles. The van der Waals surface area contributed by atoms with Gasteiger partial charge in [-0.1, -0.05) is 43.3 Å². The summed E-state index contributed by atoms with van der Waals surface area (Å²) in [5.41, 5.74) is 3.63. The zero-order valence-electron chi connectivity index (χ0n) is 17.0. The van der Waals surface area contributed by atoms with E-state index in [-0.39, 0.29) is 0 Å². The third-order valence-corrected chi connectivity index (χ3v) is 4.56. The van der Waals surface area contributed by atoms with E-state index in [2.05, 4.69) is 82.3 Å². The Kier molecular flexibility index (Phi) is 7.01. The highest BCUT2D eigenvalue weighted by Gasteiger charge is 2.15. The van der Waals surface area contributed by atoms with Crippen LogP contribution in [-0.2, 0) is 9.59 Å². The van der Waals surface area contributed by atoms with Gasteiger partial charge in [0.1, 0.15) is 0 Å². The van der Waals surface area contributed by atoms with Gasteiger partial charge < -0.3 is 10.2 Å². The fourth-order valence-electron chi connectivity index (χ4n) is 3.38. The Morgan fingerprint density at radius 3 is 1.81 bits per heavy atom. The number of carbonyl (C=O) groups is 2. The molecule has 2 heterocycles. The predicted octanol–water partition coefficient (Wildman–Crippen LogP) is 4.58. The van der Waals surface area contributed by atoms with Crippen LogP contribution in [0.3, 0.4) is 0 Å². The summed E-state index contributed by atoms with van der Waals surface area (Å²) in [5.74, 6) is -2.51. The van der Waals surface area contributed by atoms with E-state index in [1.165, 1.54) is 21.8 Å². The lowest BCUT2D eigenvalue weighted by molar-refractivity contribution is -0.134. The maximum atomic E-state index is 9.55. The third kappa shape index (κ3) is 5.08. The van der Waals surface area contributed by atoms with Crippen LogP contribution in [0.4, 0.5) is 5.69 Å². The van der Waals surface area contributed by atoms with Crippen LogP contribution in [-0.4, -0.2) is 38.4 Å². The van der Waals surface area contributed by atoms with Crippen molar-refractivity contribution in [2.45, 2.75) is 13.3 Å². The smallest absolute Gasteiger partial charge is 0.328 e. The Balaban J connectivity index is 0.000000293. The van der Waals surface area contributed by atoms with E-state index >= 15 is 0 Å². The molecular weight excluding hydrogens is 394 g/mol. The molecule has 158 valence electrons. The van der Waals surface area contributed by atoms with Crippen molar-refractivity contribution < 1.29 is 19.8 Å². The number of fused-ring (bicyclic) bond motifs is 3. The minimum atomic E-state index is -1.26. The van der Waals surface area contributed by atoms with Gasteiger partial charge in [-0.15, -0.1) is 0 Å². The van der Waals surface area contributed by atoms with E-state index in [1.807, 2.05) is 12.4 Å². The number of anilines is 1. The van der Waals surface area contributed by atoms with Crippen molar-refractivity contribution in [3.05, 3.63) is 85.2 Å². The standard InChI is InChI=1S/C20H19N3.C4H4O4/c1-2-15-22(16-11-13-21-14-12-16)23-19-9-5-3-7-17(19)18-8-4-6-10-20(18)23;5-3(6)1-2-4(7)8/h3-14H,2,15H2,1H3;1-2H,(H,5,6)(H,7,8)/b;2-1+. The van der Waals surface area contributed by atoms with Crippen molar-refractivity contribution in [1.82, 2.24) is 9.66 Å². The van der Waals surface area contributed by atoms with Gasteiger partial charge in [0.05, 0.1) is 16.7 Å². The van der Waals surface area contributed by atoms with Gasteiger partial charge in [0.2, 0.25) is 0 Å². The number of hydrogen-bond acceptors (Lipinski definition) is 4. The van der Waals surface area contributed by atoms with Crippen molar-refractivity contribution in [1.29, 1.82) is 0 Å². The van der Waals surface area contributed by atoms with Crippen LogP contribution in [0.25, 0.3) is 21.8 Å². The number of nitrogens with zero attached hydrogens (tertiary/aromatic N) is 3. The third-order valence-electron chi connectivity index (χ3n) is 4.56. The van der Waals surface area contributed by atoms with E-state index in [9.17, 15) is 9.59 Å². The number of hydrogen-bond donors (Lipinski definition) is 2. The average molecular weight is 417 g/mol. The molecule has 0 unspecified atom stereocenters. The van der Waals surface area contributed by atoms with Crippen molar-refractivity contribution in [3.63, 3.8) is 0 Å². The molecule has 2 aromatic carbocycles. The quantitative estimate of drug-likeness (QED) is 0.446. The van der Waals surface area contributed by atoms with Gasteiger partial charge in [-0.3, -0.25) is 14.7 Å². The summed E-state index contributed by atoms with van der Waals surface area (Å²) >= 11 is 0. The number of pyridine rings is 1. The molecule has 0 saturated heterocycles. The maximum absolute atomic E-state index is 9.55. The van der Waals surface area contributed by atoms with Gasteiger partial charge in [-0.05, 0) is 30.7 Å². The average Bonchev–Trinajstić information content (AvgIpc) is 3.11. The molecule has 0 spiro atoms. The number of benzene rings is 2. The molecule has 4 rings (SSSR count). The fourth-order valence-corrected chi connectivity index (χ4v) is 3.38. The minimum Gasteiger partial charge on any atom is -0.478 e. The van der Waals surface area contributed by atoms with Gasteiger partial charge in [0.15, 0.2) is 0 Å². The first kappa shape index (κ1) is 21.6.